The third-order valence-corrected chi connectivity index (χ3v) is 7.14. The molecule has 0 radical (unpaired) electrons. The Morgan fingerprint density at radius 2 is 1.56 bits per heavy atom. The van der Waals surface area contributed by atoms with Crippen LogP contribution in [0.3, 0.4) is 0 Å². The molecule has 0 aromatic heterocycles. The average molecular weight is 379 g/mol. The molecule has 4 bridgehead atoms. The molecule has 0 aromatic carbocycles. The number of unbranched alkanes of at least 4 members (excludes halogenated alkanes) is 2. The van der Waals surface area contributed by atoms with Gasteiger partial charge in [0, 0.05) is 0 Å². The van der Waals surface area contributed by atoms with E-state index in [1.165, 1.54) is 38.5 Å². The molecule has 4 aliphatic carbocycles. The van der Waals surface area contributed by atoms with Crippen LogP contribution in [0, 0.1) is 23.2 Å². The van der Waals surface area contributed by atoms with Crippen molar-refractivity contribution >= 4 is 11.9 Å². The Morgan fingerprint density at radius 3 is 2.15 bits per heavy atom. The fourth-order valence-corrected chi connectivity index (χ4v) is 6.28. The van der Waals surface area contributed by atoms with Gasteiger partial charge < -0.3 is 9.47 Å². The smallest absolute Gasteiger partial charge is 0.306 e. The molecular formula is C23H38O4. The minimum absolute atomic E-state index is 0.0591. The van der Waals surface area contributed by atoms with Gasteiger partial charge in [-0.3, -0.25) is 9.59 Å². The Balaban J connectivity index is 1.28. The highest BCUT2D eigenvalue weighted by Crippen LogP contribution is 2.61. The summed E-state index contributed by atoms with van der Waals surface area (Å²) in [6, 6.07) is 0. The van der Waals surface area contributed by atoms with Gasteiger partial charge in [0.1, 0.15) is 0 Å². The van der Waals surface area contributed by atoms with Crippen molar-refractivity contribution in [2.24, 2.45) is 23.2 Å². The van der Waals surface area contributed by atoms with Crippen molar-refractivity contribution in [3.63, 3.8) is 0 Å². The predicted molar refractivity (Wildman–Crippen MR) is 105 cm³/mol. The minimum Gasteiger partial charge on any atom is -0.466 e. The molecule has 0 aromatic rings. The van der Waals surface area contributed by atoms with Gasteiger partial charge in [0.2, 0.25) is 0 Å². The first-order valence-corrected chi connectivity index (χ1v) is 11.3. The van der Waals surface area contributed by atoms with Gasteiger partial charge in [-0.1, -0.05) is 19.8 Å². The highest BCUT2D eigenvalue weighted by Gasteiger charge is 2.50. The van der Waals surface area contributed by atoms with Crippen LogP contribution in [-0.2, 0) is 19.1 Å². The van der Waals surface area contributed by atoms with E-state index in [9.17, 15) is 9.59 Å². The first-order chi connectivity index (χ1) is 13.0. The van der Waals surface area contributed by atoms with E-state index in [0.29, 0.717) is 12.0 Å². The van der Waals surface area contributed by atoms with E-state index in [-0.39, 0.29) is 30.9 Å². The second-order valence-electron chi connectivity index (χ2n) is 9.68. The van der Waals surface area contributed by atoms with E-state index in [1.807, 2.05) is 6.92 Å². The molecule has 4 nitrogen and oxygen atoms in total. The van der Waals surface area contributed by atoms with E-state index >= 15 is 0 Å². The summed E-state index contributed by atoms with van der Waals surface area (Å²) in [5.74, 6) is 2.26. The molecule has 154 valence electrons. The Morgan fingerprint density at radius 1 is 0.963 bits per heavy atom. The second-order valence-corrected chi connectivity index (χ2v) is 9.68. The lowest BCUT2D eigenvalue weighted by molar-refractivity contribution is -0.154. The molecular weight excluding hydrogens is 340 g/mol. The third-order valence-electron chi connectivity index (χ3n) is 7.14. The van der Waals surface area contributed by atoms with Crippen LogP contribution in [0.1, 0.15) is 97.3 Å². The summed E-state index contributed by atoms with van der Waals surface area (Å²) in [5, 5.41) is 0. The van der Waals surface area contributed by atoms with Crippen LogP contribution in [0.4, 0.5) is 0 Å². The SMILES string of the molecule is CCCCCC(C)OC(=O)CCC(=O)OCCC12CC3CC(CC(C3)C1)C2. The second kappa shape index (κ2) is 9.43. The van der Waals surface area contributed by atoms with Crippen LogP contribution in [0.25, 0.3) is 0 Å². The number of rotatable bonds is 11. The number of carbonyl (C=O) groups is 2. The van der Waals surface area contributed by atoms with Crippen molar-refractivity contribution in [1.29, 1.82) is 0 Å². The third kappa shape index (κ3) is 5.96. The summed E-state index contributed by atoms with van der Waals surface area (Å²) in [6.45, 7) is 4.61. The molecule has 4 saturated carbocycles. The van der Waals surface area contributed by atoms with Crippen LogP contribution in [0.15, 0.2) is 0 Å². The fourth-order valence-electron chi connectivity index (χ4n) is 6.28. The van der Waals surface area contributed by atoms with Crippen LogP contribution in [0.2, 0.25) is 0 Å². The number of hydrogen-bond donors (Lipinski definition) is 0. The molecule has 4 rings (SSSR count). The van der Waals surface area contributed by atoms with Crippen LogP contribution >= 0.6 is 0 Å². The van der Waals surface area contributed by atoms with Crippen molar-refractivity contribution in [3.05, 3.63) is 0 Å². The largest absolute Gasteiger partial charge is 0.466 e. The van der Waals surface area contributed by atoms with Crippen molar-refractivity contribution in [2.45, 2.75) is 103 Å². The van der Waals surface area contributed by atoms with Crippen LogP contribution in [0.5, 0.6) is 0 Å². The van der Waals surface area contributed by atoms with E-state index < -0.39 is 0 Å². The lowest BCUT2D eigenvalue weighted by Gasteiger charge is -2.57. The highest BCUT2D eigenvalue weighted by atomic mass is 16.5. The molecule has 0 saturated heterocycles. The fraction of sp³-hybridized carbons (Fsp3) is 0.913. The monoisotopic (exact) mass is 378 g/mol. The van der Waals surface area contributed by atoms with Gasteiger partial charge >= 0.3 is 11.9 Å². The van der Waals surface area contributed by atoms with Gasteiger partial charge in [0.15, 0.2) is 0 Å². The van der Waals surface area contributed by atoms with Gasteiger partial charge in [0.05, 0.1) is 25.6 Å². The van der Waals surface area contributed by atoms with Gasteiger partial charge in [-0.2, -0.15) is 0 Å². The molecule has 1 atom stereocenters. The van der Waals surface area contributed by atoms with Gasteiger partial charge in [-0.15, -0.1) is 0 Å². The Kier molecular flexibility index (Phi) is 7.22. The van der Waals surface area contributed by atoms with Crippen molar-refractivity contribution in [3.8, 4) is 0 Å². The maximum Gasteiger partial charge on any atom is 0.306 e. The van der Waals surface area contributed by atoms with E-state index in [4.69, 9.17) is 9.47 Å². The molecule has 0 N–H and O–H groups in total. The number of carbonyl (C=O) groups excluding carboxylic acids is 2. The minimum atomic E-state index is -0.281. The molecule has 4 aliphatic rings. The Hall–Kier alpha value is -1.06. The lowest BCUT2D eigenvalue weighted by atomic mass is 9.49. The standard InChI is InChI=1S/C23H38O4/c1-3-4-5-6-17(2)27-22(25)8-7-21(24)26-10-9-23-14-18-11-19(15-23)13-20(12-18)16-23/h17-20H,3-16H2,1-2H3. The quantitative estimate of drug-likeness (QED) is 0.355. The van der Waals surface area contributed by atoms with Gasteiger partial charge in [0.25, 0.3) is 0 Å². The van der Waals surface area contributed by atoms with Gasteiger partial charge in [-0.25, -0.2) is 0 Å². The normalized spacial score (nSPS) is 32.3. The summed E-state index contributed by atoms with van der Waals surface area (Å²) in [7, 11) is 0. The summed E-state index contributed by atoms with van der Waals surface area (Å²) < 4.78 is 10.8. The summed E-state index contributed by atoms with van der Waals surface area (Å²) in [5.41, 5.74) is 0.446. The van der Waals surface area contributed by atoms with E-state index in [1.54, 1.807) is 0 Å². The Labute approximate surface area is 164 Å². The maximum atomic E-state index is 12.0. The molecule has 0 amide bonds. The van der Waals surface area contributed by atoms with Gasteiger partial charge in [-0.05, 0) is 87.9 Å². The van der Waals surface area contributed by atoms with Crippen LogP contribution in [-0.4, -0.2) is 24.6 Å². The topological polar surface area (TPSA) is 52.6 Å². The zero-order chi connectivity index (χ0) is 19.3. The van der Waals surface area contributed by atoms with Crippen molar-refractivity contribution < 1.29 is 19.1 Å². The zero-order valence-corrected chi connectivity index (χ0v) is 17.3. The number of hydrogen-bond acceptors (Lipinski definition) is 4. The molecule has 4 fully saturated rings. The zero-order valence-electron chi connectivity index (χ0n) is 17.3. The summed E-state index contributed by atoms with van der Waals surface area (Å²) in [6.07, 6.45) is 13.9. The molecule has 1 unspecified atom stereocenters. The first-order valence-electron chi connectivity index (χ1n) is 11.3. The molecule has 0 aliphatic heterocycles. The summed E-state index contributed by atoms with van der Waals surface area (Å²) in [4.78, 5) is 23.9. The molecule has 27 heavy (non-hydrogen) atoms. The maximum absolute atomic E-state index is 12.0. The first kappa shape index (κ1) is 20.7. The van der Waals surface area contributed by atoms with E-state index in [0.717, 1.165) is 49.9 Å². The van der Waals surface area contributed by atoms with Crippen molar-refractivity contribution in [1.82, 2.24) is 0 Å². The Bertz CT molecular complexity index is 477. The summed E-state index contributed by atoms with van der Waals surface area (Å²) >= 11 is 0. The van der Waals surface area contributed by atoms with Crippen molar-refractivity contribution in [2.75, 3.05) is 6.61 Å². The molecule has 0 heterocycles. The number of esters is 2. The van der Waals surface area contributed by atoms with Crippen LogP contribution < -0.4 is 0 Å². The molecule has 0 spiro atoms. The average Bonchev–Trinajstić information content (AvgIpc) is 2.59. The predicted octanol–water partition coefficient (Wildman–Crippen LogP) is 5.43. The lowest BCUT2D eigenvalue weighted by Crippen LogP contribution is -2.46. The highest BCUT2D eigenvalue weighted by molar-refractivity contribution is 5.77. The number of ether oxygens (including phenoxy) is 2. The van der Waals surface area contributed by atoms with E-state index in [2.05, 4.69) is 6.92 Å². The molecule has 4 heteroatoms.